The molecule has 0 amide bonds. The van der Waals surface area contributed by atoms with Crippen LogP contribution in [0.5, 0.6) is 0 Å². The van der Waals surface area contributed by atoms with Gasteiger partial charge >= 0.3 is 0 Å². The highest BCUT2D eigenvalue weighted by molar-refractivity contribution is 9.10. The van der Waals surface area contributed by atoms with Gasteiger partial charge in [0, 0.05) is 10.5 Å². The summed E-state index contributed by atoms with van der Waals surface area (Å²) >= 11 is 3.46. The van der Waals surface area contributed by atoms with Crippen LogP contribution >= 0.6 is 15.9 Å². The maximum absolute atomic E-state index is 14.1. The van der Waals surface area contributed by atoms with Gasteiger partial charge in [0.2, 0.25) is 0 Å². The lowest BCUT2D eigenvalue weighted by molar-refractivity contribution is 0.0984. The summed E-state index contributed by atoms with van der Waals surface area (Å²) < 4.78 is 15.0. The molecule has 0 heterocycles. The Labute approximate surface area is 136 Å². The fraction of sp³-hybridized carbons (Fsp3) is 0.667. The van der Waals surface area contributed by atoms with Gasteiger partial charge in [-0.1, -0.05) is 49.5 Å². The van der Waals surface area contributed by atoms with Crippen molar-refractivity contribution in [2.45, 2.75) is 58.9 Å². The molecule has 1 aliphatic rings. The number of halogens is 2. The van der Waals surface area contributed by atoms with Gasteiger partial charge in [-0.25, -0.2) is 4.39 Å². The number of likely N-dealkylation sites (N-methyl/N-ethyl adjacent to an activating group) is 1. The molecule has 0 radical (unpaired) electrons. The Morgan fingerprint density at radius 1 is 1.38 bits per heavy atom. The smallest absolute Gasteiger partial charge is 0.126 e. The molecule has 21 heavy (non-hydrogen) atoms. The topological polar surface area (TPSA) is 12.0 Å². The van der Waals surface area contributed by atoms with Crippen LogP contribution in [-0.4, -0.2) is 12.6 Å². The molecule has 1 N–H and O–H groups in total. The van der Waals surface area contributed by atoms with E-state index in [9.17, 15) is 4.39 Å². The highest BCUT2D eigenvalue weighted by Gasteiger charge is 2.37. The molecular weight excluding hydrogens is 329 g/mol. The maximum atomic E-state index is 14.1. The minimum Gasteiger partial charge on any atom is -0.314 e. The zero-order valence-corrected chi connectivity index (χ0v) is 15.0. The van der Waals surface area contributed by atoms with Crippen molar-refractivity contribution in [1.29, 1.82) is 0 Å². The molecule has 118 valence electrons. The quantitative estimate of drug-likeness (QED) is 0.752. The molecule has 1 fully saturated rings. The van der Waals surface area contributed by atoms with Crippen LogP contribution in [0.3, 0.4) is 0 Å². The maximum Gasteiger partial charge on any atom is 0.126 e. The van der Waals surface area contributed by atoms with Crippen molar-refractivity contribution < 1.29 is 4.39 Å². The second-order valence-electron chi connectivity index (χ2n) is 6.94. The van der Waals surface area contributed by atoms with Gasteiger partial charge in [-0.3, -0.25) is 0 Å². The van der Waals surface area contributed by atoms with Gasteiger partial charge in [-0.2, -0.15) is 0 Å². The first-order valence-corrected chi connectivity index (χ1v) is 8.90. The Hall–Kier alpha value is -0.410. The van der Waals surface area contributed by atoms with E-state index in [4.69, 9.17) is 0 Å². The molecule has 1 aromatic rings. The summed E-state index contributed by atoms with van der Waals surface area (Å²) in [6, 6.07) is 5.62. The van der Waals surface area contributed by atoms with Gasteiger partial charge < -0.3 is 5.32 Å². The molecule has 0 saturated heterocycles. The largest absolute Gasteiger partial charge is 0.314 e. The van der Waals surface area contributed by atoms with E-state index in [1.165, 1.54) is 25.7 Å². The molecule has 1 nitrogen and oxygen atoms in total. The SMILES string of the molecule is CCNC(Cc1cc(Br)ccc1F)C1CCCCC1(C)C. The van der Waals surface area contributed by atoms with E-state index in [1.54, 1.807) is 12.1 Å². The standard InChI is InChI=1S/C18H27BrFN/c1-4-21-17(15-7-5-6-10-18(15,2)3)12-13-11-14(19)8-9-16(13)20/h8-9,11,15,17,21H,4-7,10,12H2,1-3H3. The molecule has 2 atom stereocenters. The average molecular weight is 356 g/mol. The molecule has 0 bridgehead atoms. The van der Waals surface area contributed by atoms with Crippen molar-refractivity contribution in [3.8, 4) is 0 Å². The van der Waals surface area contributed by atoms with Crippen molar-refractivity contribution in [1.82, 2.24) is 5.32 Å². The van der Waals surface area contributed by atoms with Crippen LogP contribution in [0.25, 0.3) is 0 Å². The average Bonchev–Trinajstić information content (AvgIpc) is 2.42. The van der Waals surface area contributed by atoms with Crippen LogP contribution in [0.2, 0.25) is 0 Å². The zero-order valence-electron chi connectivity index (χ0n) is 13.4. The third-order valence-electron chi connectivity index (χ3n) is 4.99. The highest BCUT2D eigenvalue weighted by Crippen LogP contribution is 2.43. The lowest BCUT2D eigenvalue weighted by Crippen LogP contribution is -2.46. The molecule has 1 aliphatic carbocycles. The lowest BCUT2D eigenvalue weighted by Gasteiger charge is -2.43. The van der Waals surface area contributed by atoms with Gasteiger partial charge in [0.1, 0.15) is 5.82 Å². The number of rotatable bonds is 5. The third-order valence-corrected chi connectivity index (χ3v) is 5.48. The molecule has 2 unspecified atom stereocenters. The Kier molecular flexibility index (Phi) is 5.84. The summed E-state index contributed by atoms with van der Waals surface area (Å²) in [5.41, 5.74) is 1.16. The van der Waals surface area contributed by atoms with Gasteiger partial charge in [-0.15, -0.1) is 0 Å². The van der Waals surface area contributed by atoms with Crippen LogP contribution < -0.4 is 5.32 Å². The van der Waals surface area contributed by atoms with Crippen molar-refractivity contribution >= 4 is 15.9 Å². The Bertz CT molecular complexity index is 472. The molecule has 0 aromatic heterocycles. The first-order chi connectivity index (χ1) is 9.94. The number of nitrogens with one attached hydrogen (secondary N) is 1. The Morgan fingerprint density at radius 3 is 2.81 bits per heavy atom. The predicted molar refractivity (Wildman–Crippen MR) is 91.0 cm³/mol. The van der Waals surface area contributed by atoms with Crippen LogP contribution in [0.15, 0.2) is 22.7 Å². The van der Waals surface area contributed by atoms with E-state index in [-0.39, 0.29) is 5.82 Å². The molecule has 1 aromatic carbocycles. The lowest BCUT2D eigenvalue weighted by atomic mass is 9.65. The van der Waals surface area contributed by atoms with Gasteiger partial charge in [-0.05, 0) is 60.9 Å². The first kappa shape index (κ1) is 17.0. The van der Waals surface area contributed by atoms with Crippen molar-refractivity contribution in [3.63, 3.8) is 0 Å². The normalized spacial score (nSPS) is 23.0. The number of hydrogen-bond donors (Lipinski definition) is 1. The fourth-order valence-electron chi connectivity index (χ4n) is 3.82. The summed E-state index contributed by atoms with van der Waals surface area (Å²) in [6.07, 6.45) is 5.93. The summed E-state index contributed by atoms with van der Waals surface area (Å²) in [6.45, 7) is 7.82. The summed E-state index contributed by atoms with van der Waals surface area (Å²) in [5, 5.41) is 3.62. The summed E-state index contributed by atoms with van der Waals surface area (Å²) in [7, 11) is 0. The van der Waals surface area contributed by atoms with Crippen molar-refractivity contribution in [2.75, 3.05) is 6.54 Å². The van der Waals surface area contributed by atoms with Gasteiger partial charge in [0.25, 0.3) is 0 Å². The molecule has 1 saturated carbocycles. The van der Waals surface area contributed by atoms with E-state index < -0.39 is 0 Å². The molecule has 0 spiro atoms. The van der Waals surface area contributed by atoms with Crippen molar-refractivity contribution in [3.05, 3.63) is 34.1 Å². The van der Waals surface area contributed by atoms with Crippen LogP contribution in [-0.2, 0) is 6.42 Å². The second-order valence-corrected chi connectivity index (χ2v) is 7.86. The van der Waals surface area contributed by atoms with E-state index in [0.717, 1.165) is 23.0 Å². The van der Waals surface area contributed by atoms with E-state index in [1.807, 2.05) is 6.07 Å². The predicted octanol–water partition coefficient (Wildman–Crippen LogP) is 5.33. The van der Waals surface area contributed by atoms with E-state index in [2.05, 4.69) is 42.0 Å². The minimum atomic E-state index is -0.0882. The number of hydrogen-bond acceptors (Lipinski definition) is 1. The number of benzene rings is 1. The Balaban J connectivity index is 2.20. The molecule has 3 heteroatoms. The first-order valence-electron chi connectivity index (χ1n) is 8.11. The molecule has 2 rings (SSSR count). The van der Waals surface area contributed by atoms with Crippen molar-refractivity contribution in [2.24, 2.45) is 11.3 Å². The second kappa shape index (κ2) is 7.23. The molecule has 0 aliphatic heterocycles. The summed E-state index contributed by atoms with van der Waals surface area (Å²) in [5.74, 6) is 0.527. The van der Waals surface area contributed by atoms with Crippen LogP contribution in [0.4, 0.5) is 4.39 Å². The monoisotopic (exact) mass is 355 g/mol. The van der Waals surface area contributed by atoms with E-state index in [0.29, 0.717) is 17.4 Å². The minimum absolute atomic E-state index is 0.0882. The third kappa shape index (κ3) is 4.29. The van der Waals surface area contributed by atoms with Crippen LogP contribution in [0.1, 0.15) is 52.0 Å². The van der Waals surface area contributed by atoms with E-state index >= 15 is 0 Å². The highest BCUT2D eigenvalue weighted by atomic mass is 79.9. The van der Waals surface area contributed by atoms with Gasteiger partial charge in [0.15, 0.2) is 0 Å². The Morgan fingerprint density at radius 2 is 2.14 bits per heavy atom. The molecular formula is C18H27BrFN. The zero-order chi connectivity index (χ0) is 15.5. The summed E-state index contributed by atoms with van der Waals surface area (Å²) in [4.78, 5) is 0. The van der Waals surface area contributed by atoms with Gasteiger partial charge in [0.05, 0.1) is 0 Å². The van der Waals surface area contributed by atoms with Crippen LogP contribution in [0, 0.1) is 17.2 Å². The fourth-order valence-corrected chi connectivity index (χ4v) is 4.23.